The first-order chi connectivity index (χ1) is 8.20. The van der Waals surface area contributed by atoms with Gasteiger partial charge in [0.1, 0.15) is 5.75 Å². The van der Waals surface area contributed by atoms with E-state index in [4.69, 9.17) is 21.4 Å². The van der Waals surface area contributed by atoms with Crippen LogP contribution in [0.4, 0.5) is 0 Å². The lowest BCUT2D eigenvalue weighted by molar-refractivity contribution is 0.179. The smallest absolute Gasteiger partial charge is 0.141 e. The van der Waals surface area contributed by atoms with Gasteiger partial charge in [-0.25, -0.2) is 0 Å². The summed E-state index contributed by atoms with van der Waals surface area (Å²) >= 11 is 6.21. The second kappa shape index (κ2) is 5.74. The predicted molar refractivity (Wildman–Crippen MR) is 69.8 cm³/mol. The SMILES string of the molecule is Cc1cc(Cl)c(OCC2CCC2)c(CCO)c1. The highest BCUT2D eigenvalue weighted by Crippen LogP contribution is 2.33. The molecule has 2 rings (SSSR count). The molecular formula is C14H19ClO2. The first-order valence-electron chi connectivity index (χ1n) is 6.23. The zero-order chi connectivity index (χ0) is 12.3. The molecule has 0 bridgehead atoms. The summed E-state index contributed by atoms with van der Waals surface area (Å²) in [6.07, 6.45) is 4.44. The average Bonchev–Trinajstić information content (AvgIpc) is 2.19. The normalized spacial score (nSPS) is 15.7. The van der Waals surface area contributed by atoms with E-state index >= 15 is 0 Å². The molecular weight excluding hydrogens is 236 g/mol. The summed E-state index contributed by atoms with van der Waals surface area (Å²) in [7, 11) is 0. The number of ether oxygens (including phenoxy) is 1. The molecule has 0 heterocycles. The minimum Gasteiger partial charge on any atom is -0.491 e. The molecule has 1 saturated carbocycles. The van der Waals surface area contributed by atoms with Crippen molar-refractivity contribution in [1.29, 1.82) is 0 Å². The van der Waals surface area contributed by atoms with Crippen LogP contribution in [-0.2, 0) is 6.42 Å². The van der Waals surface area contributed by atoms with Gasteiger partial charge in [0.15, 0.2) is 0 Å². The van der Waals surface area contributed by atoms with Crippen molar-refractivity contribution in [2.45, 2.75) is 32.6 Å². The van der Waals surface area contributed by atoms with Crippen molar-refractivity contribution < 1.29 is 9.84 Å². The fourth-order valence-corrected chi connectivity index (χ4v) is 2.48. The molecule has 94 valence electrons. The maximum Gasteiger partial charge on any atom is 0.141 e. The first-order valence-corrected chi connectivity index (χ1v) is 6.61. The van der Waals surface area contributed by atoms with Gasteiger partial charge in [0.25, 0.3) is 0 Å². The molecule has 17 heavy (non-hydrogen) atoms. The van der Waals surface area contributed by atoms with E-state index in [-0.39, 0.29) is 6.61 Å². The Kier molecular flexibility index (Phi) is 4.30. The summed E-state index contributed by atoms with van der Waals surface area (Å²) in [4.78, 5) is 0. The van der Waals surface area contributed by atoms with Crippen molar-refractivity contribution in [2.75, 3.05) is 13.2 Å². The van der Waals surface area contributed by atoms with Gasteiger partial charge < -0.3 is 9.84 Å². The molecule has 1 aromatic rings. The van der Waals surface area contributed by atoms with Crippen LogP contribution in [0.25, 0.3) is 0 Å². The standard InChI is InChI=1S/C14H19ClO2/c1-10-7-12(5-6-16)14(13(15)8-10)17-9-11-3-2-4-11/h7-8,11,16H,2-6,9H2,1H3. The second-order valence-electron chi connectivity index (χ2n) is 4.82. The molecule has 1 aliphatic carbocycles. The molecule has 0 spiro atoms. The van der Waals surface area contributed by atoms with Gasteiger partial charge >= 0.3 is 0 Å². The number of halogens is 1. The molecule has 1 aliphatic rings. The lowest BCUT2D eigenvalue weighted by Gasteiger charge is -2.26. The van der Waals surface area contributed by atoms with Crippen molar-refractivity contribution in [3.05, 3.63) is 28.3 Å². The topological polar surface area (TPSA) is 29.5 Å². The third-order valence-electron chi connectivity index (χ3n) is 3.33. The van der Waals surface area contributed by atoms with Gasteiger partial charge in [0.05, 0.1) is 11.6 Å². The van der Waals surface area contributed by atoms with Crippen LogP contribution in [0.2, 0.25) is 5.02 Å². The van der Waals surface area contributed by atoms with Crippen LogP contribution < -0.4 is 4.74 Å². The molecule has 3 heteroatoms. The molecule has 1 N–H and O–H groups in total. The Hall–Kier alpha value is -0.730. The van der Waals surface area contributed by atoms with E-state index in [1.807, 2.05) is 19.1 Å². The lowest BCUT2D eigenvalue weighted by Crippen LogP contribution is -2.20. The molecule has 0 radical (unpaired) electrons. The van der Waals surface area contributed by atoms with E-state index < -0.39 is 0 Å². The van der Waals surface area contributed by atoms with E-state index in [0.29, 0.717) is 17.4 Å². The van der Waals surface area contributed by atoms with E-state index in [1.54, 1.807) is 0 Å². The number of rotatable bonds is 5. The monoisotopic (exact) mass is 254 g/mol. The average molecular weight is 255 g/mol. The number of aliphatic hydroxyl groups is 1. The van der Waals surface area contributed by atoms with Gasteiger partial charge in [-0.15, -0.1) is 0 Å². The Morgan fingerprint density at radius 1 is 1.41 bits per heavy atom. The van der Waals surface area contributed by atoms with Gasteiger partial charge in [-0.1, -0.05) is 24.1 Å². The number of benzene rings is 1. The highest BCUT2D eigenvalue weighted by molar-refractivity contribution is 6.32. The zero-order valence-corrected chi connectivity index (χ0v) is 11.0. The van der Waals surface area contributed by atoms with Crippen LogP contribution in [0.3, 0.4) is 0 Å². The Morgan fingerprint density at radius 2 is 2.18 bits per heavy atom. The minimum atomic E-state index is 0.125. The van der Waals surface area contributed by atoms with Gasteiger partial charge in [-0.3, -0.25) is 0 Å². The van der Waals surface area contributed by atoms with Gasteiger partial charge in [0.2, 0.25) is 0 Å². The number of aliphatic hydroxyl groups excluding tert-OH is 1. The van der Waals surface area contributed by atoms with E-state index in [1.165, 1.54) is 19.3 Å². The van der Waals surface area contributed by atoms with E-state index in [9.17, 15) is 0 Å². The fraction of sp³-hybridized carbons (Fsp3) is 0.571. The van der Waals surface area contributed by atoms with Crippen molar-refractivity contribution in [2.24, 2.45) is 5.92 Å². The predicted octanol–water partition coefficient (Wildman–Crippen LogP) is 3.36. The molecule has 0 amide bonds. The summed E-state index contributed by atoms with van der Waals surface area (Å²) in [5, 5.41) is 9.72. The van der Waals surface area contributed by atoms with Crippen molar-refractivity contribution in [3.63, 3.8) is 0 Å². The van der Waals surface area contributed by atoms with Gasteiger partial charge in [-0.2, -0.15) is 0 Å². The highest BCUT2D eigenvalue weighted by atomic mass is 35.5. The molecule has 0 unspecified atom stereocenters. The summed E-state index contributed by atoms with van der Waals surface area (Å²) in [5.41, 5.74) is 2.12. The fourth-order valence-electron chi connectivity index (χ4n) is 2.13. The molecule has 2 nitrogen and oxygen atoms in total. The Labute approximate surface area is 108 Å². The molecule has 0 atom stereocenters. The molecule has 0 aliphatic heterocycles. The maximum atomic E-state index is 9.06. The second-order valence-corrected chi connectivity index (χ2v) is 5.22. The summed E-state index contributed by atoms with van der Waals surface area (Å²) in [6.45, 7) is 2.88. The van der Waals surface area contributed by atoms with E-state index in [2.05, 4.69) is 0 Å². The number of aryl methyl sites for hydroxylation is 1. The van der Waals surface area contributed by atoms with Crippen molar-refractivity contribution in [1.82, 2.24) is 0 Å². The third-order valence-corrected chi connectivity index (χ3v) is 3.61. The quantitative estimate of drug-likeness (QED) is 0.873. The minimum absolute atomic E-state index is 0.125. The molecule has 0 saturated heterocycles. The maximum absolute atomic E-state index is 9.06. The Balaban J connectivity index is 2.11. The highest BCUT2D eigenvalue weighted by Gasteiger charge is 2.19. The van der Waals surface area contributed by atoms with Crippen LogP contribution in [0.5, 0.6) is 5.75 Å². The number of hydrogen-bond acceptors (Lipinski definition) is 2. The Bertz CT molecular complexity index is 386. The number of hydrogen-bond donors (Lipinski definition) is 1. The van der Waals surface area contributed by atoms with Crippen LogP contribution in [-0.4, -0.2) is 18.3 Å². The Morgan fingerprint density at radius 3 is 2.76 bits per heavy atom. The van der Waals surface area contributed by atoms with Crippen LogP contribution in [0, 0.1) is 12.8 Å². The van der Waals surface area contributed by atoms with Crippen LogP contribution >= 0.6 is 11.6 Å². The summed E-state index contributed by atoms with van der Waals surface area (Å²) in [6, 6.07) is 3.96. The van der Waals surface area contributed by atoms with Crippen LogP contribution in [0.15, 0.2) is 12.1 Å². The molecule has 0 aromatic heterocycles. The van der Waals surface area contributed by atoms with Crippen molar-refractivity contribution in [3.8, 4) is 5.75 Å². The van der Waals surface area contributed by atoms with E-state index in [0.717, 1.165) is 23.5 Å². The first kappa shape index (κ1) is 12.7. The van der Waals surface area contributed by atoms with Gasteiger partial charge in [0, 0.05) is 6.61 Å². The molecule has 1 aromatic carbocycles. The third kappa shape index (κ3) is 3.14. The van der Waals surface area contributed by atoms with Crippen molar-refractivity contribution >= 4 is 11.6 Å². The largest absolute Gasteiger partial charge is 0.491 e. The van der Waals surface area contributed by atoms with Crippen LogP contribution in [0.1, 0.15) is 30.4 Å². The van der Waals surface area contributed by atoms with Gasteiger partial charge in [-0.05, 0) is 49.3 Å². The zero-order valence-electron chi connectivity index (χ0n) is 10.2. The lowest BCUT2D eigenvalue weighted by atomic mass is 9.86. The molecule has 1 fully saturated rings. The summed E-state index contributed by atoms with van der Waals surface area (Å²) < 4.78 is 5.84. The summed E-state index contributed by atoms with van der Waals surface area (Å²) in [5.74, 6) is 1.45.